The zero-order chi connectivity index (χ0) is 29.6. The number of phenolic OH excluding ortho intramolecular Hbond substituents is 1. The summed E-state index contributed by atoms with van der Waals surface area (Å²) < 4.78 is 5.65. The summed E-state index contributed by atoms with van der Waals surface area (Å²) in [5.74, 6) is -3.97. The van der Waals surface area contributed by atoms with Crippen LogP contribution in [0.1, 0.15) is 50.0 Å². The van der Waals surface area contributed by atoms with Crippen molar-refractivity contribution in [3.63, 3.8) is 0 Å². The number of likely N-dealkylation sites (N-methyl/N-ethyl adjacent to an activating group) is 1. The van der Waals surface area contributed by atoms with E-state index in [4.69, 9.17) is 4.74 Å². The molecule has 1 aliphatic rings. The van der Waals surface area contributed by atoms with Gasteiger partial charge in [0.05, 0.1) is 29.7 Å². The number of carbonyl (C=O) groups excluding carboxylic acids is 4. The van der Waals surface area contributed by atoms with Crippen LogP contribution in [0.3, 0.4) is 0 Å². The molecule has 1 saturated heterocycles. The normalized spacial score (nSPS) is 26.4. The van der Waals surface area contributed by atoms with E-state index in [9.17, 15) is 29.4 Å². The smallest absolute Gasteiger partial charge is 0.312 e. The van der Waals surface area contributed by atoms with Crippen molar-refractivity contribution in [1.29, 1.82) is 0 Å². The van der Waals surface area contributed by atoms with Gasteiger partial charge in [-0.05, 0) is 50.3 Å². The Morgan fingerprint density at radius 1 is 1.05 bits per heavy atom. The van der Waals surface area contributed by atoms with Gasteiger partial charge in [0.25, 0.3) is 11.8 Å². The zero-order valence-electron chi connectivity index (χ0n) is 23.5. The minimum absolute atomic E-state index is 0.00396. The van der Waals surface area contributed by atoms with Crippen molar-refractivity contribution in [2.45, 2.75) is 70.9 Å². The molecule has 1 heterocycles. The number of rotatable bonds is 6. The maximum Gasteiger partial charge on any atom is 0.312 e. The first kappa shape index (κ1) is 30.6. The summed E-state index contributed by atoms with van der Waals surface area (Å²) >= 11 is 0. The molecular weight excluding hydrogens is 514 g/mol. The summed E-state index contributed by atoms with van der Waals surface area (Å²) in [7, 11) is 1.48. The van der Waals surface area contributed by atoms with Crippen molar-refractivity contribution in [2.75, 3.05) is 7.05 Å². The second kappa shape index (κ2) is 13.4. The number of benzene rings is 2. The predicted octanol–water partition coefficient (Wildman–Crippen LogP) is 2.03. The van der Waals surface area contributed by atoms with Crippen LogP contribution in [-0.2, 0) is 25.5 Å². The minimum Gasteiger partial charge on any atom is -0.507 e. The van der Waals surface area contributed by atoms with Crippen molar-refractivity contribution in [3.05, 3.63) is 65.7 Å². The summed E-state index contributed by atoms with van der Waals surface area (Å²) in [5, 5.41) is 26.9. The van der Waals surface area contributed by atoms with Crippen LogP contribution in [0.5, 0.6) is 5.75 Å². The fraction of sp³-hybridized carbons (Fsp3) is 0.467. The first-order chi connectivity index (χ1) is 18.9. The number of esters is 1. The number of aliphatic hydroxyl groups is 1. The number of phenols is 1. The van der Waals surface area contributed by atoms with E-state index >= 15 is 0 Å². The van der Waals surface area contributed by atoms with Crippen LogP contribution in [0, 0.1) is 11.8 Å². The predicted molar refractivity (Wildman–Crippen MR) is 148 cm³/mol. The number of ether oxygens (including phenoxy) is 1. The number of cyclic esters (lactones) is 1. The Morgan fingerprint density at radius 2 is 1.68 bits per heavy atom. The standard InChI is InChI=1S/C30H39N3O7/c1-17(2)15-24-29(38)33(5)19(4)25(32-27(36)21-13-9-10-14-23(21)34)28(37)31-22(16-20-11-7-6-8-12-20)26(35)18(3)30(39)40-24/h6-14,17-19,22,24-26,34-35H,15-16H2,1-5H3,(H,31,37)(H,32,36)/t18-,19-,22+,24?,25+,26+/m1/s1. The number of amides is 3. The van der Waals surface area contributed by atoms with Gasteiger partial charge in [-0.1, -0.05) is 56.3 Å². The molecule has 3 rings (SSSR count). The number of hydrogen-bond donors (Lipinski definition) is 4. The first-order valence-electron chi connectivity index (χ1n) is 13.5. The van der Waals surface area contributed by atoms with Crippen molar-refractivity contribution in [2.24, 2.45) is 11.8 Å². The Hall–Kier alpha value is -3.92. The van der Waals surface area contributed by atoms with Crippen molar-refractivity contribution < 1.29 is 34.1 Å². The summed E-state index contributed by atoms with van der Waals surface area (Å²) in [6, 6.07) is 12.0. The molecule has 0 aliphatic carbocycles. The average molecular weight is 554 g/mol. The minimum atomic E-state index is -1.35. The Labute approximate surface area is 234 Å². The van der Waals surface area contributed by atoms with Gasteiger partial charge in [-0.3, -0.25) is 19.2 Å². The van der Waals surface area contributed by atoms with Gasteiger partial charge < -0.3 is 30.5 Å². The molecule has 0 bridgehead atoms. The van der Waals surface area contributed by atoms with E-state index in [-0.39, 0.29) is 30.1 Å². The molecule has 216 valence electrons. The lowest BCUT2D eigenvalue weighted by atomic mass is 9.91. The number of nitrogens with one attached hydrogen (secondary N) is 2. The molecule has 0 radical (unpaired) electrons. The average Bonchev–Trinajstić information content (AvgIpc) is 2.93. The SMILES string of the molecule is CC(C)CC1OC(=O)[C@H](C)[C@H](O)[C@H](Cc2ccccc2)NC(=O)[C@@H](NC(=O)c2ccccc2O)[C@@H](C)N(C)C1=O. The Kier molecular flexibility index (Phi) is 10.3. The van der Waals surface area contributed by atoms with Crippen molar-refractivity contribution in [3.8, 4) is 5.75 Å². The quantitative estimate of drug-likeness (QED) is 0.401. The molecule has 0 spiro atoms. The molecule has 0 saturated carbocycles. The van der Waals surface area contributed by atoms with E-state index in [1.165, 1.54) is 31.0 Å². The lowest BCUT2D eigenvalue weighted by Crippen LogP contribution is -2.62. The molecule has 1 unspecified atom stereocenters. The van der Waals surface area contributed by atoms with Crippen LogP contribution in [0.15, 0.2) is 54.6 Å². The molecule has 40 heavy (non-hydrogen) atoms. The Bertz CT molecular complexity index is 1200. The fourth-order valence-electron chi connectivity index (χ4n) is 4.70. The maximum atomic E-state index is 13.8. The van der Waals surface area contributed by atoms with Gasteiger partial charge in [-0.25, -0.2) is 0 Å². The van der Waals surface area contributed by atoms with Gasteiger partial charge in [0, 0.05) is 7.05 Å². The topological polar surface area (TPSA) is 145 Å². The Morgan fingerprint density at radius 3 is 2.30 bits per heavy atom. The molecule has 1 aliphatic heterocycles. The molecule has 3 amide bonds. The van der Waals surface area contributed by atoms with E-state index in [0.717, 1.165) is 5.56 Å². The number of carbonyl (C=O) groups is 4. The van der Waals surface area contributed by atoms with Crippen LogP contribution in [0.2, 0.25) is 0 Å². The van der Waals surface area contributed by atoms with E-state index in [1.54, 1.807) is 19.1 Å². The van der Waals surface area contributed by atoms with Gasteiger partial charge >= 0.3 is 5.97 Å². The largest absolute Gasteiger partial charge is 0.507 e. The highest BCUT2D eigenvalue weighted by atomic mass is 16.5. The Balaban J connectivity index is 2.04. The van der Waals surface area contributed by atoms with Crippen molar-refractivity contribution >= 4 is 23.7 Å². The van der Waals surface area contributed by atoms with E-state index in [1.807, 2.05) is 44.2 Å². The van der Waals surface area contributed by atoms with Crippen LogP contribution >= 0.6 is 0 Å². The number of aliphatic hydroxyl groups excluding tert-OH is 1. The van der Waals surface area contributed by atoms with Crippen LogP contribution in [0.25, 0.3) is 0 Å². The fourth-order valence-corrected chi connectivity index (χ4v) is 4.70. The van der Waals surface area contributed by atoms with Crippen LogP contribution in [-0.4, -0.2) is 76.2 Å². The van der Waals surface area contributed by atoms with Crippen molar-refractivity contribution in [1.82, 2.24) is 15.5 Å². The first-order valence-corrected chi connectivity index (χ1v) is 13.5. The number of aromatic hydroxyl groups is 1. The number of para-hydroxylation sites is 1. The van der Waals surface area contributed by atoms with Crippen LogP contribution in [0.4, 0.5) is 0 Å². The molecule has 1 fully saturated rings. The third-order valence-electron chi connectivity index (χ3n) is 7.30. The molecule has 2 aromatic carbocycles. The van der Waals surface area contributed by atoms with Gasteiger partial charge in [0.15, 0.2) is 6.10 Å². The molecule has 2 aromatic rings. The monoisotopic (exact) mass is 553 g/mol. The third-order valence-corrected chi connectivity index (χ3v) is 7.30. The highest BCUT2D eigenvalue weighted by Crippen LogP contribution is 2.22. The molecule has 0 aromatic heterocycles. The lowest BCUT2D eigenvalue weighted by molar-refractivity contribution is -0.168. The summed E-state index contributed by atoms with van der Waals surface area (Å²) in [6.45, 7) is 6.86. The summed E-state index contributed by atoms with van der Waals surface area (Å²) in [4.78, 5) is 54.8. The molecule has 10 heteroatoms. The van der Waals surface area contributed by atoms with Gasteiger partial charge in [-0.2, -0.15) is 0 Å². The van der Waals surface area contributed by atoms with Gasteiger partial charge in [0.1, 0.15) is 11.8 Å². The van der Waals surface area contributed by atoms with Crippen LogP contribution < -0.4 is 10.6 Å². The molecule has 6 atom stereocenters. The molecular formula is C30H39N3O7. The van der Waals surface area contributed by atoms with Gasteiger partial charge in [0.2, 0.25) is 5.91 Å². The van der Waals surface area contributed by atoms with E-state index in [2.05, 4.69) is 10.6 Å². The van der Waals surface area contributed by atoms with Gasteiger partial charge in [-0.15, -0.1) is 0 Å². The highest BCUT2D eigenvalue weighted by Gasteiger charge is 2.41. The zero-order valence-corrected chi connectivity index (χ0v) is 23.5. The second-order valence-electron chi connectivity index (χ2n) is 10.8. The van der Waals surface area contributed by atoms with E-state index in [0.29, 0.717) is 0 Å². The highest BCUT2D eigenvalue weighted by molar-refractivity contribution is 6.00. The number of nitrogens with zero attached hydrogens (tertiary/aromatic N) is 1. The summed E-state index contributed by atoms with van der Waals surface area (Å²) in [6.07, 6.45) is -2.06. The number of hydrogen-bond acceptors (Lipinski definition) is 7. The molecule has 10 nitrogen and oxygen atoms in total. The maximum absolute atomic E-state index is 13.8. The van der Waals surface area contributed by atoms with E-state index < -0.39 is 59.9 Å². The second-order valence-corrected chi connectivity index (χ2v) is 10.8. The third kappa shape index (κ3) is 7.38. The summed E-state index contributed by atoms with van der Waals surface area (Å²) in [5.41, 5.74) is 0.774. The lowest BCUT2D eigenvalue weighted by Gasteiger charge is -2.37. The molecule has 4 N–H and O–H groups in total.